The number of hydrogen-bond acceptors (Lipinski definition) is 3. The smallest absolute Gasteiger partial charge is 0.0694 e. The fourth-order valence-corrected chi connectivity index (χ4v) is 3.73. The summed E-state index contributed by atoms with van der Waals surface area (Å²) in [5.41, 5.74) is 2.48. The third-order valence-corrected chi connectivity index (χ3v) is 4.84. The Hall–Kier alpha value is -0.680. The van der Waals surface area contributed by atoms with Crippen molar-refractivity contribution in [2.45, 2.75) is 45.2 Å². The van der Waals surface area contributed by atoms with Crippen LogP contribution < -0.4 is 5.32 Å². The van der Waals surface area contributed by atoms with E-state index < -0.39 is 10.8 Å². The highest BCUT2D eigenvalue weighted by Gasteiger charge is 2.18. The van der Waals surface area contributed by atoms with Gasteiger partial charge in [-0.05, 0) is 18.8 Å². The van der Waals surface area contributed by atoms with E-state index in [1.54, 1.807) is 0 Å². The van der Waals surface area contributed by atoms with E-state index in [9.17, 15) is 4.21 Å². The maximum atomic E-state index is 11.3. The van der Waals surface area contributed by atoms with Gasteiger partial charge in [0.1, 0.15) is 0 Å². The van der Waals surface area contributed by atoms with Gasteiger partial charge in [0.05, 0.1) is 5.69 Å². The molecule has 1 saturated heterocycles. The molecule has 0 bridgehead atoms. The Kier molecular flexibility index (Phi) is 4.56. The largest absolute Gasteiger partial charge is 0.310 e. The van der Waals surface area contributed by atoms with Crippen molar-refractivity contribution in [3.63, 3.8) is 0 Å². The number of hydrogen-bond donors (Lipinski definition) is 1. The van der Waals surface area contributed by atoms with Crippen molar-refractivity contribution in [1.82, 2.24) is 15.1 Å². The summed E-state index contributed by atoms with van der Waals surface area (Å²) in [6.45, 7) is 5.23. The number of nitrogens with zero attached hydrogens (tertiary/aromatic N) is 2. The molecule has 2 heterocycles. The first kappa shape index (κ1) is 13.7. The molecule has 0 amide bonds. The molecule has 0 saturated carbocycles. The number of aromatic nitrogens is 2. The lowest BCUT2D eigenvalue weighted by molar-refractivity contribution is 0.473. The van der Waals surface area contributed by atoms with Gasteiger partial charge in [0.2, 0.25) is 0 Å². The molecule has 1 aliphatic heterocycles. The topological polar surface area (TPSA) is 46.9 Å². The van der Waals surface area contributed by atoms with Gasteiger partial charge in [-0.3, -0.25) is 8.89 Å². The molecule has 2 rings (SSSR count). The molecule has 1 aliphatic rings. The predicted octanol–water partition coefficient (Wildman–Crippen LogP) is 1.54. The molecular formula is C13H23N3OS. The normalized spacial score (nSPS) is 24.7. The Morgan fingerprint density at radius 2 is 2.17 bits per heavy atom. The molecule has 1 aromatic heterocycles. The van der Waals surface area contributed by atoms with Gasteiger partial charge in [-0.15, -0.1) is 0 Å². The van der Waals surface area contributed by atoms with Gasteiger partial charge in [-0.1, -0.05) is 13.8 Å². The Balaban J connectivity index is 1.91. The van der Waals surface area contributed by atoms with Crippen LogP contribution in [0.3, 0.4) is 0 Å². The van der Waals surface area contributed by atoms with E-state index in [1.165, 1.54) is 11.3 Å². The van der Waals surface area contributed by atoms with Crippen LogP contribution in [-0.2, 0) is 24.4 Å². The first-order valence-corrected chi connectivity index (χ1v) is 8.16. The average Bonchev–Trinajstić information content (AvgIpc) is 2.70. The Morgan fingerprint density at radius 3 is 2.78 bits per heavy atom. The van der Waals surface area contributed by atoms with Gasteiger partial charge in [-0.2, -0.15) is 5.10 Å². The third kappa shape index (κ3) is 3.42. The molecule has 102 valence electrons. The summed E-state index contributed by atoms with van der Waals surface area (Å²) in [6.07, 6.45) is 4.16. The van der Waals surface area contributed by atoms with Crippen LogP contribution in [0.2, 0.25) is 0 Å². The molecule has 0 unspecified atom stereocenters. The summed E-state index contributed by atoms with van der Waals surface area (Å²) in [5.74, 6) is 2.16. The van der Waals surface area contributed by atoms with Crippen LogP contribution in [-0.4, -0.2) is 31.5 Å². The minimum atomic E-state index is -0.573. The van der Waals surface area contributed by atoms with E-state index in [0.29, 0.717) is 12.0 Å². The average molecular weight is 269 g/mol. The standard InChI is InChI=1S/C13H23N3OS/c1-10(2)13-11(9-16(3)15-13)8-14-12-4-6-18(17)7-5-12/h9-10,12,14H,4-8H2,1-3H3. The lowest BCUT2D eigenvalue weighted by Gasteiger charge is -2.22. The Bertz CT molecular complexity index is 418. The summed E-state index contributed by atoms with van der Waals surface area (Å²) in [7, 11) is 1.40. The van der Waals surface area contributed by atoms with E-state index in [2.05, 4.69) is 30.5 Å². The zero-order valence-electron chi connectivity index (χ0n) is 11.5. The second kappa shape index (κ2) is 5.97. The summed E-state index contributed by atoms with van der Waals surface area (Å²) < 4.78 is 13.2. The van der Waals surface area contributed by atoms with E-state index in [0.717, 1.165) is 30.9 Å². The van der Waals surface area contributed by atoms with Gasteiger partial charge in [0, 0.05) is 53.7 Å². The minimum Gasteiger partial charge on any atom is -0.310 e. The number of aryl methyl sites for hydroxylation is 1. The first-order valence-electron chi connectivity index (χ1n) is 6.67. The molecule has 4 nitrogen and oxygen atoms in total. The lowest BCUT2D eigenvalue weighted by atomic mass is 10.1. The number of nitrogens with one attached hydrogen (secondary N) is 1. The quantitative estimate of drug-likeness (QED) is 0.902. The van der Waals surface area contributed by atoms with Crippen molar-refractivity contribution in [3.05, 3.63) is 17.5 Å². The summed E-state index contributed by atoms with van der Waals surface area (Å²) in [6, 6.07) is 0.517. The Morgan fingerprint density at radius 1 is 1.50 bits per heavy atom. The summed E-state index contributed by atoms with van der Waals surface area (Å²) >= 11 is 0. The van der Waals surface area contributed by atoms with Crippen LogP contribution in [0.25, 0.3) is 0 Å². The van der Waals surface area contributed by atoms with Gasteiger partial charge in [0.25, 0.3) is 0 Å². The maximum absolute atomic E-state index is 11.3. The van der Waals surface area contributed by atoms with Crippen molar-refractivity contribution in [3.8, 4) is 0 Å². The van der Waals surface area contributed by atoms with Crippen LogP contribution in [0.4, 0.5) is 0 Å². The highest BCUT2D eigenvalue weighted by molar-refractivity contribution is 7.85. The van der Waals surface area contributed by atoms with Crippen molar-refractivity contribution in [1.29, 1.82) is 0 Å². The zero-order valence-corrected chi connectivity index (χ0v) is 12.3. The van der Waals surface area contributed by atoms with Crippen LogP contribution >= 0.6 is 0 Å². The van der Waals surface area contributed by atoms with E-state index in [-0.39, 0.29) is 0 Å². The van der Waals surface area contributed by atoms with E-state index in [4.69, 9.17) is 0 Å². The van der Waals surface area contributed by atoms with Crippen molar-refractivity contribution in [2.24, 2.45) is 7.05 Å². The van der Waals surface area contributed by atoms with Crippen LogP contribution in [0, 0.1) is 0 Å². The zero-order chi connectivity index (χ0) is 13.1. The van der Waals surface area contributed by atoms with Gasteiger partial charge >= 0.3 is 0 Å². The molecule has 1 fully saturated rings. The summed E-state index contributed by atoms with van der Waals surface area (Å²) in [5, 5.41) is 8.09. The first-order chi connectivity index (χ1) is 8.56. The molecule has 5 heteroatoms. The molecule has 0 aromatic carbocycles. The van der Waals surface area contributed by atoms with Gasteiger partial charge in [-0.25, -0.2) is 0 Å². The van der Waals surface area contributed by atoms with Crippen LogP contribution in [0.15, 0.2) is 6.20 Å². The fourth-order valence-electron chi connectivity index (χ4n) is 2.43. The second-order valence-corrected chi connectivity index (χ2v) is 7.07. The highest BCUT2D eigenvalue weighted by Crippen LogP contribution is 2.18. The highest BCUT2D eigenvalue weighted by atomic mass is 32.2. The molecule has 0 radical (unpaired) electrons. The molecule has 0 aliphatic carbocycles. The Labute approximate surface area is 112 Å². The predicted molar refractivity (Wildman–Crippen MR) is 75.0 cm³/mol. The number of rotatable bonds is 4. The molecule has 18 heavy (non-hydrogen) atoms. The molecule has 1 aromatic rings. The lowest BCUT2D eigenvalue weighted by Crippen LogP contribution is -2.35. The van der Waals surface area contributed by atoms with Crippen molar-refractivity contribution >= 4 is 10.8 Å². The molecule has 0 spiro atoms. The van der Waals surface area contributed by atoms with Crippen LogP contribution in [0.5, 0.6) is 0 Å². The van der Waals surface area contributed by atoms with Crippen molar-refractivity contribution < 1.29 is 4.21 Å². The van der Waals surface area contributed by atoms with Gasteiger partial charge < -0.3 is 5.32 Å². The van der Waals surface area contributed by atoms with Crippen molar-refractivity contribution in [2.75, 3.05) is 11.5 Å². The minimum absolute atomic E-state index is 0.460. The summed E-state index contributed by atoms with van der Waals surface area (Å²) in [4.78, 5) is 0. The van der Waals surface area contributed by atoms with E-state index >= 15 is 0 Å². The second-order valence-electron chi connectivity index (χ2n) is 5.37. The van der Waals surface area contributed by atoms with Crippen LogP contribution in [0.1, 0.15) is 43.9 Å². The molecule has 1 N–H and O–H groups in total. The SMILES string of the molecule is CC(C)c1nn(C)cc1CNC1CCS(=O)CC1. The maximum Gasteiger partial charge on any atom is 0.0694 e. The van der Waals surface area contributed by atoms with E-state index in [1.807, 2.05) is 11.7 Å². The molecular weight excluding hydrogens is 246 g/mol. The van der Waals surface area contributed by atoms with Gasteiger partial charge in [0.15, 0.2) is 0 Å². The molecule has 0 atom stereocenters. The fraction of sp³-hybridized carbons (Fsp3) is 0.769. The third-order valence-electron chi connectivity index (χ3n) is 3.45. The monoisotopic (exact) mass is 269 g/mol.